The Balaban J connectivity index is 1.82. The lowest BCUT2D eigenvalue weighted by Crippen LogP contribution is -2.42. The Hall–Kier alpha value is -2.59. The second-order valence-corrected chi connectivity index (χ2v) is 6.57. The summed E-state index contributed by atoms with van der Waals surface area (Å²) in [5.41, 5.74) is 3.43. The van der Waals surface area contributed by atoms with Crippen LogP contribution >= 0.6 is 0 Å². The SMILES string of the molecule is CN(C)C(=O)[C@@H](c1ccccc1)N1CC=C(c2ccc(O)cc2)CC1. The van der Waals surface area contributed by atoms with Gasteiger partial charge in [-0.25, -0.2) is 0 Å². The fraction of sp³-hybridized carbons (Fsp3) is 0.286. The number of carbonyl (C=O) groups is 1. The van der Waals surface area contributed by atoms with Crippen molar-refractivity contribution in [1.82, 2.24) is 9.80 Å². The minimum atomic E-state index is -0.256. The molecule has 4 heteroatoms. The first-order valence-corrected chi connectivity index (χ1v) is 8.55. The number of phenols is 1. The van der Waals surface area contributed by atoms with Crippen LogP contribution in [0.1, 0.15) is 23.6 Å². The number of hydrogen-bond acceptors (Lipinski definition) is 3. The fourth-order valence-electron chi connectivity index (χ4n) is 3.25. The van der Waals surface area contributed by atoms with Crippen LogP contribution < -0.4 is 0 Å². The maximum Gasteiger partial charge on any atom is 0.244 e. The van der Waals surface area contributed by atoms with E-state index in [2.05, 4.69) is 11.0 Å². The predicted octanol–water partition coefficient (Wildman–Crippen LogP) is 3.31. The molecule has 0 bridgehead atoms. The monoisotopic (exact) mass is 336 g/mol. The van der Waals surface area contributed by atoms with E-state index in [0.29, 0.717) is 0 Å². The number of rotatable bonds is 4. The van der Waals surface area contributed by atoms with Crippen molar-refractivity contribution in [2.75, 3.05) is 27.2 Å². The summed E-state index contributed by atoms with van der Waals surface area (Å²) in [7, 11) is 3.61. The fourth-order valence-corrected chi connectivity index (χ4v) is 3.25. The summed E-state index contributed by atoms with van der Waals surface area (Å²) in [5, 5.41) is 9.44. The predicted molar refractivity (Wildman–Crippen MR) is 100 cm³/mol. The topological polar surface area (TPSA) is 43.8 Å². The van der Waals surface area contributed by atoms with Crippen LogP contribution in [0, 0.1) is 0 Å². The third-order valence-corrected chi connectivity index (χ3v) is 4.63. The maximum atomic E-state index is 12.8. The van der Waals surface area contributed by atoms with Crippen LogP contribution in [-0.2, 0) is 4.79 Å². The zero-order chi connectivity index (χ0) is 17.8. The molecule has 0 saturated heterocycles. The van der Waals surface area contributed by atoms with Crippen LogP contribution in [0.3, 0.4) is 0 Å². The van der Waals surface area contributed by atoms with E-state index in [1.165, 1.54) is 5.57 Å². The summed E-state index contributed by atoms with van der Waals surface area (Å²) < 4.78 is 0. The van der Waals surface area contributed by atoms with E-state index in [0.717, 1.165) is 30.6 Å². The molecule has 2 aromatic carbocycles. The molecule has 1 atom stereocenters. The molecule has 1 N–H and O–H groups in total. The second-order valence-electron chi connectivity index (χ2n) is 6.57. The number of aromatic hydroxyl groups is 1. The maximum absolute atomic E-state index is 12.8. The minimum Gasteiger partial charge on any atom is -0.508 e. The number of nitrogens with zero attached hydrogens (tertiary/aromatic N) is 2. The van der Waals surface area contributed by atoms with Gasteiger partial charge in [-0.1, -0.05) is 48.5 Å². The molecule has 0 unspecified atom stereocenters. The Bertz CT molecular complexity index is 751. The van der Waals surface area contributed by atoms with Crippen LogP contribution in [0.2, 0.25) is 0 Å². The highest BCUT2D eigenvalue weighted by Gasteiger charge is 2.29. The normalized spacial score (nSPS) is 16.2. The quantitative estimate of drug-likeness (QED) is 0.931. The highest BCUT2D eigenvalue weighted by molar-refractivity contribution is 5.83. The number of amides is 1. The Labute approximate surface area is 149 Å². The number of phenolic OH excluding ortho intramolecular Hbond substituents is 1. The Morgan fingerprint density at radius 3 is 2.32 bits per heavy atom. The van der Waals surface area contributed by atoms with Gasteiger partial charge in [-0.2, -0.15) is 0 Å². The summed E-state index contributed by atoms with van der Waals surface area (Å²) in [6.45, 7) is 1.56. The standard InChI is InChI=1S/C21H24N2O2/c1-22(2)21(25)20(18-6-4-3-5-7-18)23-14-12-17(13-15-23)16-8-10-19(24)11-9-16/h3-12,20,24H,13-15H2,1-2H3/t20-/m1/s1. The molecule has 0 aliphatic carbocycles. The number of likely N-dealkylation sites (N-methyl/N-ethyl adjacent to an activating group) is 1. The van der Waals surface area contributed by atoms with E-state index in [1.807, 2.05) is 42.5 Å². The summed E-state index contributed by atoms with van der Waals surface area (Å²) in [6, 6.07) is 17.0. The molecular weight excluding hydrogens is 312 g/mol. The molecule has 0 spiro atoms. The van der Waals surface area contributed by atoms with Gasteiger partial charge in [-0.3, -0.25) is 9.69 Å². The molecule has 0 saturated carbocycles. The van der Waals surface area contributed by atoms with E-state index < -0.39 is 0 Å². The van der Waals surface area contributed by atoms with Crippen LogP contribution in [0.4, 0.5) is 0 Å². The molecule has 0 radical (unpaired) electrons. The summed E-state index contributed by atoms with van der Waals surface area (Å²) in [6.07, 6.45) is 3.07. The average molecular weight is 336 g/mol. The molecule has 3 rings (SSSR count). The van der Waals surface area contributed by atoms with Gasteiger partial charge in [0.2, 0.25) is 5.91 Å². The first-order chi connectivity index (χ1) is 12.1. The van der Waals surface area contributed by atoms with Crippen molar-refractivity contribution in [2.45, 2.75) is 12.5 Å². The summed E-state index contributed by atoms with van der Waals surface area (Å²) in [5.74, 6) is 0.384. The van der Waals surface area contributed by atoms with Crippen molar-refractivity contribution in [3.8, 4) is 5.75 Å². The lowest BCUT2D eigenvalue weighted by Gasteiger charge is -2.34. The second kappa shape index (κ2) is 7.53. The number of hydrogen-bond donors (Lipinski definition) is 1. The molecule has 0 aromatic heterocycles. The van der Waals surface area contributed by atoms with Gasteiger partial charge in [-0.15, -0.1) is 0 Å². The largest absolute Gasteiger partial charge is 0.508 e. The molecule has 2 aromatic rings. The van der Waals surface area contributed by atoms with Crippen LogP contribution in [0.15, 0.2) is 60.7 Å². The molecule has 1 aliphatic heterocycles. The smallest absolute Gasteiger partial charge is 0.244 e. The van der Waals surface area contributed by atoms with E-state index in [4.69, 9.17) is 0 Å². The third kappa shape index (κ3) is 3.91. The van der Waals surface area contributed by atoms with Gasteiger partial charge in [0.25, 0.3) is 0 Å². The lowest BCUT2D eigenvalue weighted by molar-refractivity contribution is -0.134. The highest BCUT2D eigenvalue weighted by atomic mass is 16.3. The highest BCUT2D eigenvalue weighted by Crippen LogP contribution is 2.29. The van der Waals surface area contributed by atoms with Crippen molar-refractivity contribution >= 4 is 11.5 Å². The molecule has 4 nitrogen and oxygen atoms in total. The van der Waals surface area contributed by atoms with Gasteiger partial charge >= 0.3 is 0 Å². The molecule has 130 valence electrons. The zero-order valence-electron chi connectivity index (χ0n) is 14.7. The van der Waals surface area contributed by atoms with Gasteiger partial charge in [0.1, 0.15) is 11.8 Å². The Morgan fingerprint density at radius 2 is 1.76 bits per heavy atom. The first-order valence-electron chi connectivity index (χ1n) is 8.55. The zero-order valence-corrected chi connectivity index (χ0v) is 14.7. The van der Waals surface area contributed by atoms with Crippen molar-refractivity contribution in [3.05, 3.63) is 71.8 Å². The molecule has 1 heterocycles. The minimum absolute atomic E-state index is 0.104. The molecule has 1 aliphatic rings. The van der Waals surface area contributed by atoms with Gasteiger partial charge in [0.15, 0.2) is 0 Å². The van der Waals surface area contributed by atoms with E-state index in [9.17, 15) is 9.90 Å². The molecule has 0 fully saturated rings. The molecular formula is C21H24N2O2. The van der Waals surface area contributed by atoms with Gasteiger partial charge in [0.05, 0.1) is 0 Å². The average Bonchev–Trinajstić information content (AvgIpc) is 2.64. The Kier molecular flexibility index (Phi) is 5.19. The summed E-state index contributed by atoms with van der Waals surface area (Å²) >= 11 is 0. The van der Waals surface area contributed by atoms with Crippen molar-refractivity contribution in [1.29, 1.82) is 0 Å². The van der Waals surface area contributed by atoms with Crippen molar-refractivity contribution < 1.29 is 9.90 Å². The van der Waals surface area contributed by atoms with Gasteiger partial charge in [-0.05, 0) is 35.3 Å². The van der Waals surface area contributed by atoms with Crippen molar-refractivity contribution in [3.63, 3.8) is 0 Å². The van der Waals surface area contributed by atoms with E-state index in [-0.39, 0.29) is 17.7 Å². The first kappa shape index (κ1) is 17.2. The summed E-state index contributed by atoms with van der Waals surface area (Å²) in [4.78, 5) is 16.7. The molecule has 1 amide bonds. The van der Waals surface area contributed by atoms with E-state index >= 15 is 0 Å². The van der Waals surface area contributed by atoms with Crippen LogP contribution in [-0.4, -0.2) is 48.0 Å². The number of benzene rings is 2. The van der Waals surface area contributed by atoms with Crippen molar-refractivity contribution in [2.24, 2.45) is 0 Å². The lowest BCUT2D eigenvalue weighted by atomic mass is 9.96. The third-order valence-electron chi connectivity index (χ3n) is 4.63. The Morgan fingerprint density at radius 1 is 1.08 bits per heavy atom. The van der Waals surface area contributed by atoms with E-state index in [1.54, 1.807) is 31.1 Å². The molecule has 25 heavy (non-hydrogen) atoms. The van der Waals surface area contributed by atoms with Gasteiger partial charge < -0.3 is 10.0 Å². The van der Waals surface area contributed by atoms with Gasteiger partial charge in [0, 0.05) is 27.2 Å². The van der Waals surface area contributed by atoms with Crippen LogP contribution in [0.5, 0.6) is 5.75 Å². The van der Waals surface area contributed by atoms with Crippen LogP contribution in [0.25, 0.3) is 5.57 Å². The number of carbonyl (C=O) groups excluding carboxylic acids is 1.